The van der Waals surface area contributed by atoms with E-state index in [2.05, 4.69) is 26.8 Å². The summed E-state index contributed by atoms with van der Waals surface area (Å²) in [6.07, 6.45) is 2.66. The summed E-state index contributed by atoms with van der Waals surface area (Å²) < 4.78 is 0. The van der Waals surface area contributed by atoms with Crippen LogP contribution in [-0.2, 0) is 4.79 Å². The first-order valence-corrected chi connectivity index (χ1v) is 6.24. The van der Waals surface area contributed by atoms with Gasteiger partial charge in [-0.15, -0.1) is 0 Å². The Morgan fingerprint density at radius 3 is 2.35 bits per heavy atom. The molecule has 0 bridgehead atoms. The number of rotatable bonds is 2. The number of amides is 1. The maximum Gasteiger partial charge on any atom is 0.222 e. The summed E-state index contributed by atoms with van der Waals surface area (Å²) in [6.45, 7) is 7.64. The first kappa shape index (κ1) is 14.0. The standard InChI is InChI=1S/C13H23N3O/c1-12(2,3)5-4-11(17)16-8-6-13(15,10-14)7-9-16/h4-9,15H2,1-3H3. The van der Waals surface area contributed by atoms with Gasteiger partial charge in [0.1, 0.15) is 5.54 Å². The Kier molecular flexibility index (Phi) is 4.16. The smallest absolute Gasteiger partial charge is 0.222 e. The van der Waals surface area contributed by atoms with Gasteiger partial charge in [-0.05, 0) is 24.7 Å². The fraction of sp³-hybridized carbons (Fsp3) is 0.846. The van der Waals surface area contributed by atoms with Gasteiger partial charge >= 0.3 is 0 Å². The van der Waals surface area contributed by atoms with Crippen LogP contribution in [0.15, 0.2) is 0 Å². The molecular formula is C13H23N3O. The fourth-order valence-electron chi connectivity index (χ4n) is 1.91. The predicted octanol–water partition coefficient (Wildman–Crippen LogP) is 1.66. The van der Waals surface area contributed by atoms with Crippen molar-refractivity contribution in [2.45, 2.75) is 52.0 Å². The molecule has 1 aliphatic rings. The lowest BCUT2D eigenvalue weighted by molar-refractivity contribution is -0.133. The van der Waals surface area contributed by atoms with Crippen LogP contribution in [0.2, 0.25) is 0 Å². The minimum absolute atomic E-state index is 0.190. The first-order chi connectivity index (χ1) is 7.76. The van der Waals surface area contributed by atoms with Crippen molar-refractivity contribution in [3.63, 3.8) is 0 Å². The SMILES string of the molecule is CC(C)(C)CCC(=O)N1CCC(N)(C#N)CC1. The van der Waals surface area contributed by atoms with Crippen LogP contribution in [0.3, 0.4) is 0 Å². The van der Waals surface area contributed by atoms with Crippen LogP contribution in [0, 0.1) is 16.7 Å². The highest BCUT2D eigenvalue weighted by Crippen LogP contribution is 2.23. The Morgan fingerprint density at radius 2 is 1.94 bits per heavy atom. The third-order valence-corrected chi connectivity index (χ3v) is 3.32. The van der Waals surface area contributed by atoms with Crippen molar-refractivity contribution >= 4 is 5.91 Å². The molecule has 0 atom stereocenters. The Balaban J connectivity index is 2.39. The molecule has 0 aromatic rings. The van der Waals surface area contributed by atoms with Gasteiger partial charge in [0.25, 0.3) is 0 Å². The van der Waals surface area contributed by atoms with Crippen molar-refractivity contribution in [1.29, 1.82) is 5.26 Å². The number of hydrogen-bond acceptors (Lipinski definition) is 3. The molecule has 1 saturated heterocycles. The van der Waals surface area contributed by atoms with E-state index in [0.29, 0.717) is 32.4 Å². The lowest BCUT2D eigenvalue weighted by Gasteiger charge is -2.35. The minimum atomic E-state index is -0.721. The van der Waals surface area contributed by atoms with Crippen LogP contribution in [0.25, 0.3) is 0 Å². The fourth-order valence-corrected chi connectivity index (χ4v) is 1.91. The molecule has 4 nitrogen and oxygen atoms in total. The van der Waals surface area contributed by atoms with E-state index in [1.807, 2.05) is 4.90 Å². The lowest BCUT2D eigenvalue weighted by Crippen LogP contribution is -2.51. The molecule has 1 fully saturated rings. The van der Waals surface area contributed by atoms with Crippen LogP contribution in [-0.4, -0.2) is 29.4 Å². The molecule has 1 amide bonds. The predicted molar refractivity (Wildman–Crippen MR) is 67.0 cm³/mol. The van der Waals surface area contributed by atoms with Gasteiger partial charge in [-0.3, -0.25) is 4.79 Å². The minimum Gasteiger partial charge on any atom is -0.342 e. The summed E-state index contributed by atoms with van der Waals surface area (Å²) in [5, 5.41) is 8.91. The van der Waals surface area contributed by atoms with Crippen LogP contribution in [0.4, 0.5) is 0 Å². The highest BCUT2D eigenvalue weighted by atomic mass is 16.2. The maximum atomic E-state index is 11.9. The van der Waals surface area contributed by atoms with E-state index in [4.69, 9.17) is 11.0 Å². The number of likely N-dealkylation sites (tertiary alicyclic amines) is 1. The zero-order chi connectivity index (χ0) is 13.1. The summed E-state index contributed by atoms with van der Waals surface area (Å²) in [7, 11) is 0. The molecule has 1 rings (SSSR count). The van der Waals surface area contributed by atoms with Gasteiger partial charge in [0, 0.05) is 19.5 Å². The average molecular weight is 237 g/mol. The lowest BCUT2D eigenvalue weighted by atomic mass is 9.88. The number of hydrogen-bond donors (Lipinski definition) is 1. The van der Waals surface area contributed by atoms with E-state index < -0.39 is 5.54 Å². The highest BCUT2D eigenvalue weighted by molar-refractivity contribution is 5.76. The van der Waals surface area contributed by atoms with Crippen LogP contribution in [0.1, 0.15) is 46.5 Å². The number of carbonyl (C=O) groups excluding carboxylic acids is 1. The number of nitrogens with two attached hydrogens (primary N) is 1. The molecule has 0 radical (unpaired) electrons. The van der Waals surface area contributed by atoms with Crippen molar-refractivity contribution in [2.24, 2.45) is 11.1 Å². The van der Waals surface area contributed by atoms with Crippen molar-refractivity contribution in [3.8, 4) is 6.07 Å². The van der Waals surface area contributed by atoms with E-state index in [9.17, 15) is 4.79 Å². The molecule has 0 aromatic carbocycles. The zero-order valence-electron chi connectivity index (χ0n) is 11.1. The highest BCUT2D eigenvalue weighted by Gasteiger charge is 2.32. The number of nitriles is 1. The van der Waals surface area contributed by atoms with Gasteiger partial charge in [-0.25, -0.2) is 0 Å². The summed E-state index contributed by atoms with van der Waals surface area (Å²) in [5.74, 6) is 0.194. The molecular weight excluding hydrogens is 214 g/mol. The second-order valence-electron chi connectivity index (χ2n) is 6.21. The number of nitrogens with zero attached hydrogens (tertiary/aromatic N) is 2. The topological polar surface area (TPSA) is 70.1 Å². The van der Waals surface area contributed by atoms with Crippen molar-refractivity contribution in [2.75, 3.05) is 13.1 Å². The van der Waals surface area contributed by atoms with Gasteiger partial charge in [0.2, 0.25) is 5.91 Å². The molecule has 0 spiro atoms. The van der Waals surface area contributed by atoms with Crippen molar-refractivity contribution < 1.29 is 4.79 Å². The second-order valence-corrected chi connectivity index (χ2v) is 6.21. The van der Waals surface area contributed by atoms with Crippen LogP contribution >= 0.6 is 0 Å². The Bertz CT molecular complexity index is 317. The normalized spacial score (nSPS) is 19.8. The van der Waals surface area contributed by atoms with Gasteiger partial charge in [-0.1, -0.05) is 20.8 Å². The number of piperidine rings is 1. The molecule has 17 heavy (non-hydrogen) atoms. The summed E-state index contributed by atoms with van der Waals surface area (Å²) in [6, 6.07) is 2.14. The van der Waals surface area contributed by atoms with Gasteiger partial charge in [0.05, 0.1) is 6.07 Å². The van der Waals surface area contributed by atoms with E-state index in [0.717, 1.165) is 6.42 Å². The van der Waals surface area contributed by atoms with E-state index >= 15 is 0 Å². The van der Waals surface area contributed by atoms with Crippen molar-refractivity contribution in [3.05, 3.63) is 0 Å². The van der Waals surface area contributed by atoms with E-state index in [-0.39, 0.29) is 11.3 Å². The summed E-state index contributed by atoms with van der Waals surface area (Å²) in [5.41, 5.74) is 5.33. The third-order valence-electron chi connectivity index (χ3n) is 3.32. The quantitative estimate of drug-likeness (QED) is 0.794. The molecule has 0 saturated carbocycles. The van der Waals surface area contributed by atoms with Crippen LogP contribution < -0.4 is 5.73 Å². The molecule has 0 aromatic heterocycles. The molecule has 4 heteroatoms. The molecule has 96 valence electrons. The Hall–Kier alpha value is -1.08. The average Bonchev–Trinajstić information content (AvgIpc) is 2.26. The Morgan fingerprint density at radius 1 is 1.41 bits per heavy atom. The molecule has 1 heterocycles. The van der Waals surface area contributed by atoms with Gasteiger partial charge < -0.3 is 10.6 Å². The molecule has 2 N–H and O–H groups in total. The summed E-state index contributed by atoms with van der Waals surface area (Å²) in [4.78, 5) is 13.8. The third kappa shape index (κ3) is 4.35. The monoisotopic (exact) mass is 237 g/mol. The van der Waals surface area contributed by atoms with Gasteiger partial charge in [-0.2, -0.15) is 5.26 Å². The maximum absolute atomic E-state index is 11.9. The van der Waals surface area contributed by atoms with E-state index in [1.165, 1.54) is 0 Å². The summed E-state index contributed by atoms with van der Waals surface area (Å²) >= 11 is 0. The van der Waals surface area contributed by atoms with E-state index in [1.54, 1.807) is 0 Å². The molecule has 1 aliphatic heterocycles. The van der Waals surface area contributed by atoms with Crippen molar-refractivity contribution in [1.82, 2.24) is 4.90 Å². The zero-order valence-corrected chi connectivity index (χ0v) is 11.1. The first-order valence-electron chi connectivity index (χ1n) is 6.24. The molecule has 0 unspecified atom stereocenters. The Labute approximate surface area is 104 Å². The number of carbonyl (C=O) groups is 1. The molecule has 0 aliphatic carbocycles. The second kappa shape index (κ2) is 5.05. The van der Waals surface area contributed by atoms with Gasteiger partial charge in [0.15, 0.2) is 0 Å². The largest absolute Gasteiger partial charge is 0.342 e. The van der Waals surface area contributed by atoms with Crippen LogP contribution in [0.5, 0.6) is 0 Å².